The van der Waals surface area contributed by atoms with Crippen molar-refractivity contribution in [3.63, 3.8) is 0 Å². The molecule has 0 atom stereocenters. The standard InChI is InChI=1S/C16H25O2Se.BF4/c1-8-18-14(17)11-9-12(15(2,3)4)19-13(10-11)16(5,6)7;2-1(3,4)5/h9-10H,8H2,1-7H3;/q+1;-1. The zero-order chi connectivity index (χ0) is 19.3. The van der Waals surface area contributed by atoms with Gasteiger partial charge in [-0.3, -0.25) is 0 Å². The van der Waals surface area contributed by atoms with Crippen LogP contribution in [0.4, 0.5) is 17.3 Å². The van der Waals surface area contributed by atoms with Crippen LogP contribution in [0.3, 0.4) is 0 Å². The summed E-state index contributed by atoms with van der Waals surface area (Å²) in [7, 11) is -6.00. The van der Waals surface area contributed by atoms with E-state index in [1.807, 2.05) is 19.1 Å². The summed E-state index contributed by atoms with van der Waals surface area (Å²) in [6.07, 6.45) is 0. The summed E-state index contributed by atoms with van der Waals surface area (Å²) in [5, 5.41) is 0. The smallest absolute Gasteiger partial charge is 0.418 e. The fourth-order valence-electron chi connectivity index (χ4n) is 1.57. The van der Waals surface area contributed by atoms with Gasteiger partial charge in [0.1, 0.15) is 0 Å². The van der Waals surface area contributed by atoms with E-state index in [1.54, 1.807) is 0 Å². The average Bonchev–Trinajstić information content (AvgIpc) is 2.34. The molecule has 0 radical (unpaired) electrons. The Balaban J connectivity index is 0.000000922. The molecule has 8 heteroatoms. The molecule has 0 aromatic carbocycles. The maximum atomic E-state index is 12.0. The summed E-state index contributed by atoms with van der Waals surface area (Å²) < 4.78 is 46.9. The Labute approximate surface area is 147 Å². The third-order valence-electron chi connectivity index (χ3n) is 2.78. The van der Waals surface area contributed by atoms with Gasteiger partial charge in [-0.05, 0) is 0 Å². The second-order valence-corrected chi connectivity index (χ2v) is 9.56. The van der Waals surface area contributed by atoms with Gasteiger partial charge in [-0.1, -0.05) is 0 Å². The Morgan fingerprint density at radius 3 is 1.58 bits per heavy atom. The Kier molecular flexibility index (Phi) is 8.17. The van der Waals surface area contributed by atoms with Crippen LogP contribution < -0.4 is 0 Å². The monoisotopic (exact) mass is 416 g/mol. The van der Waals surface area contributed by atoms with Crippen molar-refractivity contribution < 1.29 is 26.8 Å². The number of carbonyl (C=O) groups is 1. The van der Waals surface area contributed by atoms with Gasteiger partial charge in [0.05, 0.1) is 0 Å². The molecule has 1 aromatic heterocycles. The fraction of sp³-hybridized carbons (Fsp3) is 0.625. The van der Waals surface area contributed by atoms with E-state index in [1.165, 1.54) is 8.87 Å². The summed E-state index contributed by atoms with van der Waals surface area (Å²) in [6, 6.07) is 4.07. The first-order chi connectivity index (χ1) is 10.6. The van der Waals surface area contributed by atoms with Crippen LogP contribution in [0.1, 0.15) is 67.7 Å². The number of halogens is 4. The molecule has 1 rings (SSSR count). The zero-order valence-corrected chi connectivity index (χ0v) is 16.9. The van der Waals surface area contributed by atoms with Gasteiger partial charge in [-0.15, -0.1) is 0 Å². The average molecular weight is 415 g/mol. The zero-order valence-electron chi connectivity index (χ0n) is 15.2. The number of esters is 1. The molecule has 0 aliphatic heterocycles. The second-order valence-electron chi connectivity index (χ2n) is 7.29. The number of rotatable bonds is 2. The van der Waals surface area contributed by atoms with E-state index in [0.717, 1.165) is 0 Å². The molecule has 0 aliphatic rings. The van der Waals surface area contributed by atoms with Crippen LogP contribution in [0.15, 0.2) is 12.1 Å². The third kappa shape index (κ3) is 9.43. The summed E-state index contributed by atoms with van der Waals surface area (Å²) >= 11 is 0.312. The molecule has 1 heterocycles. The van der Waals surface area contributed by atoms with E-state index < -0.39 is 7.25 Å². The Morgan fingerprint density at radius 1 is 1.00 bits per heavy atom. The maximum absolute atomic E-state index is 12.0. The minimum atomic E-state index is -6.00. The summed E-state index contributed by atoms with van der Waals surface area (Å²) in [4.78, 5) is 12.0. The molecule has 0 unspecified atom stereocenters. The number of carbonyl (C=O) groups excluding carboxylic acids is 1. The van der Waals surface area contributed by atoms with Crippen LogP contribution in [0.25, 0.3) is 0 Å². The molecule has 1 aromatic rings. The van der Waals surface area contributed by atoms with Crippen molar-refractivity contribution in [2.24, 2.45) is 0 Å². The van der Waals surface area contributed by atoms with Crippen LogP contribution in [0.2, 0.25) is 0 Å². The Morgan fingerprint density at radius 2 is 1.33 bits per heavy atom. The van der Waals surface area contributed by atoms with Gasteiger partial charge < -0.3 is 17.3 Å². The predicted molar refractivity (Wildman–Crippen MR) is 91.3 cm³/mol. The Hall–Kier alpha value is -0.876. The van der Waals surface area contributed by atoms with Crippen molar-refractivity contribution in [2.45, 2.75) is 59.3 Å². The second kappa shape index (κ2) is 8.48. The largest absolute Gasteiger partial charge is 0.673 e. The molecule has 0 aliphatic carbocycles. The SMILES string of the molecule is CCOC(=O)c1cc(C(C)(C)C)[se+]c(C(C)(C)C)c1.F[B-](F)(F)F. The topological polar surface area (TPSA) is 26.3 Å². The molecule has 0 saturated carbocycles. The van der Waals surface area contributed by atoms with Crippen molar-refractivity contribution in [1.29, 1.82) is 0 Å². The predicted octanol–water partition coefficient (Wildman–Crippen LogP) is 5.10. The van der Waals surface area contributed by atoms with E-state index in [4.69, 9.17) is 4.74 Å². The molecular weight excluding hydrogens is 390 g/mol. The van der Waals surface area contributed by atoms with E-state index in [9.17, 15) is 22.1 Å². The molecule has 0 spiro atoms. The maximum Gasteiger partial charge on any atom is 0.673 e. The van der Waals surface area contributed by atoms with Gasteiger partial charge in [-0.2, -0.15) is 0 Å². The first kappa shape index (κ1) is 23.1. The van der Waals surface area contributed by atoms with Crippen molar-refractivity contribution in [1.82, 2.24) is 0 Å². The number of hydrogen-bond donors (Lipinski definition) is 0. The Bertz CT molecular complexity index is 522. The first-order valence-corrected chi connectivity index (χ1v) is 9.30. The number of ether oxygens (including phenoxy) is 1. The summed E-state index contributed by atoms with van der Waals surface area (Å²) in [6.45, 7) is 15.5. The van der Waals surface area contributed by atoms with Crippen LogP contribution in [0, 0.1) is 0 Å². The van der Waals surface area contributed by atoms with E-state index in [-0.39, 0.29) is 16.8 Å². The van der Waals surface area contributed by atoms with Gasteiger partial charge >= 0.3 is 130 Å². The van der Waals surface area contributed by atoms with Gasteiger partial charge in [-0.25, -0.2) is 0 Å². The van der Waals surface area contributed by atoms with Crippen LogP contribution in [-0.2, 0) is 15.6 Å². The van der Waals surface area contributed by atoms with Crippen molar-refractivity contribution in [3.8, 4) is 0 Å². The minimum absolute atomic E-state index is 0.0997. The van der Waals surface area contributed by atoms with Crippen molar-refractivity contribution >= 4 is 27.7 Å². The fourth-order valence-corrected chi connectivity index (χ4v) is 4.13. The van der Waals surface area contributed by atoms with E-state index in [0.29, 0.717) is 26.7 Å². The number of hydrogen-bond acceptors (Lipinski definition) is 2. The quantitative estimate of drug-likeness (QED) is 0.382. The van der Waals surface area contributed by atoms with Crippen LogP contribution >= 0.6 is 0 Å². The molecule has 138 valence electrons. The minimum Gasteiger partial charge on any atom is -0.418 e. The van der Waals surface area contributed by atoms with Crippen molar-refractivity contribution in [3.05, 3.63) is 26.6 Å². The molecule has 0 saturated heterocycles. The van der Waals surface area contributed by atoms with Crippen LogP contribution in [0.5, 0.6) is 0 Å². The third-order valence-corrected chi connectivity index (χ3v) is 6.77. The molecule has 0 N–H and O–H groups in total. The van der Waals surface area contributed by atoms with Crippen molar-refractivity contribution in [2.75, 3.05) is 6.61 Å². The molecule has 0 fully saturated rings. The van der Waals surface area contributed by atoms with Gasteiger partial charge in [0.15, 0.2) is 0 Å². The summed E-state index contributed by atoms with van der Waals surface area (Å²) in [5.74, 6) is -0.207. The molecule has 2 nitrogen and oxygen atoms in total. The van der Waals surface area contributed by atoms with Gasteiger partial charge in [0, 0.05) is 0 Å². The first-order valence-electron chi connectivity index (χ1n) is 7.59. The normalized spacial score (nSPS) is 12.3. The van der Waals surface area contributed by atoms with Crippen LogP contribution in [-0.4, -0.2) is 34.3 Å². The molecule has 0 bridgehead atoms. The van der Waals surface area contributed by atoms with Gasteiger partial charge in [0.25, 0.3) is 0 Å². The summed E-state index contributed by atoms with van der Waals surface area (Å²) in [5.41, 5.74) is 0.898. The molecule has 0 amide bonds. The van der Waals surface area contributed by atoms with E-state index in [2.05, 4.69) is 41.5 Å². The van der Waals surface area contributed by atoms with E-state index >= 15 is 0 Å². The molecule has 24 heavy (non-hydrogen) atoms. The van der Waals surface area contributed by atoms with Gasteiger partial charge in [0.2, 0.25) is 0 Å². The molecular formula is C16H25BF4O2Se.